The minimum atomic E-state index is 0.00528. The largest absolute Gasteiger partial charge is 0.339 e. The Balaban J connectivity index is 2.27. The van der Waals surface area contributed by atoms with Crippen molar-refractivity contribution >= 4 is 22.6 Å². The summed E-state index contributed by atoms with van der Waals surface area (Å²) >= 11 is 5.92. The predicted molar refractivity (Wildman–Crippen MR) is 91.6 cm³/mol. The summed E-state index contributed by atoms with van der Waals surface area (Å²) in [5, 5.41) is 1.36. The quantitative estimate of drug-likeness (QED) is 0.780. The van der Waals surface area contributed by atoms with Crippen LogP contribution in [-0.4, -0.2) is 9.97 Å². The zero-order valence-corrected chi connectivity index (χ0v) is 13.4. The van der Waals surface area contributed by atoms with Gasteiger partial charge in [0, 0.05) is 16.8 Å². The number of pyridine rings is 2. The first-order valence-electron chi connectivity index (χ1n) is 7.44. The normalized spacial score (nSPS) is 11.0. The number of hydrogen-bond acceptors (Lipinski definition) is 2. The van der Waals surface area contributed by atoms with Crippen LogP contribution in [0.3, 0.4) is 0 Å². The molecule has 0 atom stereocenters. The summed E-state index contributed by atoms with van der Waals surface area (Å²) in [6, 6.07) is 11.1. The third kappa shape index (κ3) is 2.64. The summed E-state index contributed by atoms with van der Waals surface area (Å²) < 4.78 is 0. The third-order valence-corrected chi connectivity index (χ3v) is 4.08. The van der Waals surface area contributed by atoms with Gasteiger partial charge >= 0.3 is 0 Å². The van der Waals surface area contributed by atoms with Crippen LogP contribution in [0.25, 0.3) is 22.3 Å². The Hall–Kier alpha value is -2.13. The molecule has 0 aliphatic carbocycles. The van der Waals surface area contributed by atoms with Crippen LogP contribution in [0.4, 0.5) is 0 Å². The molecule has 0 saturated carbocycles. The summed E-state index contributed by atoms with van der Waals surface area (Å²) in [5.41, 5.74) is 4.39. The van der Waals surface area contributed by atoms with Crippen molar-refractivity contribution in [1.29, 1.82) is 0 Å². The van der Waals surface area contributed by atoms with E-state index >= 15 is 0 Å². The Morgan fingerprint density at radius 1 is 1.09 bits per heavy atom. The van der Waals surface area contributed by atoms with Crippen LogP contribution in [0.2, 0.25) is 5.02 Å². The highest BCUT2D eigenvalue weighted by molar-refractivity contribution is 6.30. The maximum atomic E-state index is 12.5. The lowest BCUT2D eigenvalue weighted by molar-refractivity contribution is 1.02. The summed E-state index contributed by atoms with van der Waals surface area (Å²) in [4.78, 5) is 20.4. The number of fused-ring (bicyclic) bond motifs is 1. The van der Waals surface area contributed by atoms with Crippen molar-refractivity contribution in [2.24, 2.45) is 0 Å². The van der Waals surface area contributed by atoms with E-state index in [1.54, 1.807) is 6.07 Å². The van der Waals surface area contributed by atoms with Gasteiger partial charge in [0.1, 0.15) is 5.65 Å². The van der Waals surface area contributed by atoms with Gasteiger partial charge in [0.25, 0.3) is 0 Å². The van der Waals surface area contributed by atoms with Gasteiger partial charge in [0.15, 0.2) is 5.43 Å². The average molecular weight is 313 g/mol. The molecular weight excluding hydrogens is 296 g/mol. The minimum Gasteiger partial charge on any atom is -0.339 e. The molecule has 0 aliphatic heterocycles. The lowest BCUT2D eigenvalue weighted by Crippen LogP contribution is -2.08. The summed E-state index contributed by atoms with van der Waals surface area (Å²) in [6.07, 6.45) is 1.66. The zero-order chi connectivity index (χ0) is 15.7. The van der Waals surface area contributed by atoms with Gasteiger partial charge in [-0.3, -0.25) is 4.79 Å². The van der Waals surface area contributed by atoms with E-state index in [1.165, 1.54) is 0 Å². The first-order chi connectivity index (χ1) is 10.6. The highest BCUT2D eigenvalue weighted by atomic mass is 35.5. The SMILES string of the molecule is CCc1cc(CC)c2c(=O)cc(-c3ccc(Cl)cc3)[nH]c2n1. The molecule has 0 saturated heterocycles. The molecule has 0 amide bonds. The van der Waals surface area contributed by atoms with Crippen LogP contribution in [0.1, 0.15) is 25.1 Å². The third-order valence-electron chi connectivity index (χ3n) is 3.83. The molecule has 112 valence electrons. The Kier molecular flexibility index (Phi) is 3.99. The van der Waals surface area contributed by atoms with E-state index in [0.29, 0.717) is 16.1 Å². The van der Waals surface area contributed by atoms with Gasteiger partial charge < -0.3 is 4.98 Å². The van der Waals surface area contributed by atoms with Gasteiger partial charge in [-0.25, -0.2) is 4.98 Å². The van der Waals surface area contributed by atoms with Crippen LogP contribution >= 0.6 is 11.6 Å². The van der Waals surface area contributed by atoms with Crippen LogP contribution in [0, 0.1) is 0 Å². The van der Waals surface area contributed by atoms with E-state index in [0.717, 1.165) is 35.4 Å². The lowest BCUT2D eigenvalue weighted by atomic mass is 10.0. The van der Waals surface area contributed by atoms with Gasteiger partial charge in [-0.1, -0.05) is 37.6 Å². The molecule has 4 heteroatoms. The molecule has 0 fully saturated rings. The van der Waals surface area contributed by atoms with E-state index in [2.05, 4.69) is 23.8 Å². The molecule has 0 radical (unpaired) electrons. The van der Waals surface area contributed by atoms with Gasteiger partial charge in [-0.15, -0.1) is 0 Å². The maximum Gasteiger partial charge on any atom is 0.191 e. The summed E-state index contributed by atoms with van der Waals surface area (Å²) in [6.45, 7) is 4.12. The van der Waals surface area contributed by atoms with E-state index in [4.69, 9.17) is 11.6 Å². The molecule has 22 heavy (non-hydrogen) atoms. The fraction of sp³-hybridized carbons (Fsp3) is 0.222. The van der Waals surface area contributed by atoms with Crippen molar-refractivity contribution in [2.45, 2.75) is 26.7 Å². The van der Waals surface area contributed by atoms with E-state index in [-0.39, 0.29) is 5.43 Å². The number of nitrogens with zero attached hydrogens (tertiary/aromatic N) is 1. The van der Waals surface area contributed by atoms with Gasteiger partial charge in [0.2, 0.25) is 0 Å². The average Bonchev–Trinajstić information content (AvgIpc) is 2.54. The Labute approximate surface area is 134 Å². The van der Waals surface area contributed by atoms with Gasteiger partial charge in [-0.05, 0) is 42.2 Å². The smallest absolute Gasteiger partial charge is 0.191 e. The minimum absolute atomic E-state index is 0.00528. The van der Waals surface area contributed by atoms with Crippen molar-refractivity contribution in [1.82, 2.24) is 9.97 Å². The number of aromatic nitrogens is 2. The first kappa shape index (κ1) is 14.8. The highest BCUT2D eigenvalue weighted by Gasteiger charge is 2.10. The van der Waals surface area contributed by atoms with Crippen LogP contribution < -0.4 is 5.43 Å². The molecule has 0 unspecified atom stereocenters. The van der Waals surface area contributed by atoms with Crippen molar-refractivity contribution in [2.75, 3.05) is 0 Å². The standard InChI is InChI=1S/C18H17ClN2O/c1-3-11-9-14(4-2)20-18-17(11)16(22)10-15(21-18)12-5-7-13(19)8-6-12/h5-10H,3-4H2,1-2H3,(H,20,21,22). The molecule has 0 spiro atoms. The van der Waals surface area contributed by atoms with Crippen molar-refractivity contribution in [3.05, 3.63) is 62.9 Å². The highest BCUT2D eigenvalue weighted by Crippen LogP contribution is 2.22. The summed E-state index contributed by atoms with van der Waals surface area (Å²) in [5.74, 6) is 0. The second-order valence-electron chi connectivity index (χ2n) is 5.26. The number of aromatic amines is 1. The number of aryl methyl sites for hydroxylation is 2. The fourth-order valence-electron chi connectivity index (χ4n) is 2.63. The molecule has 1 aromatic carbocycles. The molecule has 1 N–H and O–H groups in total. The number of nitrogens with one attached hydrogen (secondary N) is 1. The molecule has 3 rings (SSSR count). The Morgan fingerprint density at radius 2 is 1.82 bits per heavy atom. The molecule has 3 aromatic rings. The van der Waals surface area contributed by atoms with Crippen LogP contribution in [0.5, 0.6) is 0 Å². The van der Waals surface area contributed by atoms with Gasteiger partial charge in [-0.2, -0.15) is 0 Å². The van der Waals surface area contributed by atoms with E-state index in [9.17, 15) is 4.79 Å². The van der Waals surface area contributed by atoms with Gasteiger partial charge in [0.05, 0.1) is 11.1 Å². The maximum absolute atomic E-state index is 12.5. The number of rotatable bonds is 3. The number of benzene rings is 1. The van der Waals surface area contributed by atoms with Crippen molar-refractivity contribution in [3.8, 4) is 11.3 Å². The molecule has 2 heterocycles. The van der Waals surface area contributed by atoms with Crippen molar-refractivity contribution < 1.29 is 0 Å². The fourth-order valence-corrected chi connectivity index (χ4v) is 2.76. The second kappa shape index (κ2) is 5.93. The molecule has 2 aromatic heterocycles. The lowest BCUT2D eigenvalue weighted by Gasteiger charge is -2.09. The number of hydrogen-bond donors (Lipinski definition) is 1. The second-order valence-corrected chi connectivity index (χ2v) is 5.69. The first-order valence-corrected chi connectivity index (χ1v) is 7.82. The number of H-pyrrole nitrogens is 1. The van der Waals surface area contributed by atoms with Crippen LogP contribution in [-0.2, 0) is 12.8 Å². The van der Waals surface area contributed by atoms with Crippen molar-refractivity contribution in [3.63, 3.8) is 0 Å². The summed E-state index contributed by atoms with van der Waals surface area (Å²) in [7, 11) is 0. The van der Waals surface area contributed by atoms with Crippen LogP contribution in [0.15, 0.2) is 41.2 Å². The topological polar surface area (TPSA) is 45.8 Å². The zero-order valence-electron chi connectivity index (χ0n) is 12.6. The Morgan fingerprint density at radius 3 is 2.45 bits per heavy atom. The monoisotopic (exact) mass is 312 g/mol. The molecule has 3 nitrogen and oxygen atoms in total. The van der Waals surface area contributed by atoms with E-state index in [1.807, 2.05) is 30.3 Å². The molecular formula is C18H17ClN2O. The molecule has 0 aliphatic rings. The number of halogens is 1. The predicted octanol–water partition coefficient (Wildman–Crippen LogP) is 4.37. The van der Waals surface area contributed by atoms with E-state index < -0.39 is 0 Å². The Bertz CT molecular complexity index is 882. The molecule has 0 bridgehead atoms.